The molecule has 0 N–H and O–H groups in total. The summed E-state index contributed by atoms with van der Waals surface area (Å²) in [5.74, 6) is 0.415. The first-order valence-corrected chi connectivity index (χ1v) is 11.0. The zero-order valence-electron chi connectivity index (χ0n) is 18.4. The van der Waals surface area contributed by atoms with Crippen molar-refractivity contribution in [2.45, 2.75) is 6.42 Å². The lowest BCUT2D eigenvalue weighted by molar-refractivity contribution is 0.122. The SMILES string of the molecule is Cn1c(=O)n(C(=O)N2CCC(/C=C/c3ccc(F)cc3)C2)c2cnc(N3CCOCC3)nc21. The van der Waals surface area contributed by atoms with Crippen LogP contribution in [0.3, 0.4) is 0 Å². The van der Waals surface area contributed by atoms with Crippen molar-refractivity contribution in [2.24, 2.45) is 13.0 Å². The van der Waals surface area contributed by atoms with Crippen molar-refractivity contribution < 1.29 is 13.9 Å². The number of likely N-dealkylation sites (tertiary alicyclic amines) is 1. The first-order valence-electron chi connectivity index (χ1n) is 11.0. The third-order valence-corrected chi connectivity index (χ3v) is 6.19. The van der Waals surface area contributed by atoms with Gasteiger partial charge in [0.05, 0.1) is 19.4 Å². The monoisotopic (exact) mass is 452 g/mol. The Morgan fingerprint density at radius 3 is 2.70 bits per heavy atom. The molecule has 0 bridgehead atoms. The molecule has 3 aromatic rings. The molecule has 33 heavy (non-hydrogen) atoms. The number of ether oxygens (including phenoxy) is 1. The lowest BCUT2D eigenvalue weighted by Gasteiger charge is -2.26. The normalized spacial score (nSPS) is 19.2. The standard InChI is InChI=1S/C23H25FN6O3/c1-27-20-19(14-25-21(26-20)28-10-12-33-13-11-28)30(22(27)31)23(32)29-9-8-17(15-29)3-2-16-4-6-18(24)7-5-16/h2-7,14,17H,8-13,15H2,1H3/b3-2+. The quantitative estimate of drug-likeness (QED) is 0.605. The van der Waals surface area contributed by atoms with E-state index in [4.69, 9.17) is 4.74 Å². The van der Waals surface area contributed by atoms with Gasteiger partial charge in [-0.25, -0.2) is 23.5 Å². The summed E-state index contributed by atoms with van der Waals surface area (Å²) < 4.78 is 21.0. The molecule has 2 fully saturated rings. The van der Waals surface area contributed by atoms with Crippen molar-refractivity contribution in [1.82, 2.24) is 24.0 Å². The Morgan fingerprint density at radius 2 is 1.94 bits per heavy atom. The van der Waals surface area contributed by atoms with Crippen molar-refractivity contribution in [1.29, 1.82) is 0 Å². The highest BCUT2D eigenvalue weighted by Gasteiger charge is 2.29. The van der Waals surface area contributed by atoms with Gasteiger partial charge in [0, 0.05) is 33.2 Å². The van der Waals surface area contributed by atoms with Gasteiger partial charge >= 0.3 is 11.7 Å². The van der Waals surface area contributed by atoms with Crippen molar-refractivity contribution in [3.63, 3.8) is 0 Å². The fraction of sp³-hybridized carbons (Fsp3) is 0.391. The average Bonchev–Trinajstić information content (AvgIpc) is 3.42. The minimum Gasteiger partial charge on any atom is -0.378 e. The van der Waals surface area contributed by atoms with Gasteiger partial charge in [-0.2, -0.15) is 4.98 Å². The molecule has 2 aromatic heterocycles. The Hall–Kier alpha value is -3.53. The molecule has 1 aromatic carbocycles. The molecule has 1 amide bonds. The molecule has 10 heteroatoms. The van der Waals surface area contributed by atoms with Crippen LogP contribution < -0.4 is 10.6 Å². The van der Waals surface area contributed by atoms with E-state index >= 15 is 0 Å². The fourth-order valence-corrected chi connectivity index (χ4v) is 4.29. The number of aromatic nitrogens is 4. The van der Waals surface area contributed by atoms with Crippen molar-refractivity contribution >= 4 is 29.2 Å². The molecule has 2 aliphatic heterocycles. The molecular formula is C23H25FN6O3. The van der Waals surface area contributed by atoms with Crippen molar-refractivity contribution in [2.75, 3.05) is 44.3 Å². The van der Waals surface area contributed by atoms with E-state index in [1.54, 1.807) is 30.3 Å². The Kier molecular flexibility index (Phi) is 5.67. The van der Waals surface area contributed by atoms with Crippen LogP contribution in [0.25, 0.3) is 17.2 Å². The maximum absolute atomic E-state index is 13.3. The maximum atomic E-state index is 13.3. The summed E-state index contributed by atoms with van der Waals surface area (Å²) >= 11 is 0. The Labute approximate surface area is 189 Å². The van der Waals surface area contributed by atoms with E-state index in [-0.39, 0.29) is 17.8 Å². The number of aryl methyl sites for hydroxylation is 1. The Morgan fingerprint density at radius 1 is 1.18 bits per heavy atom. The van der Waals surface area contributed by atoms with E-state index in [2.05, 4.69) is 9.97 Å². The van der Waals surface area contributed by atoms with Crippen LogP contribution in [-0.4, -0.2) is 69.4 Å². The molecule has 2 saturated heterocycles. The first kappa shape index (κ1) is 21.3. The summed E-state index contributed by atoms with van der Waals surface area (Å²) in [6.07, 6.45) is 6.31. The lowest BCUT2D eigenvalue weighted by atomic mass is 10.1. The Bertz CT molecular complexity index is 1260. The summed E-state index contributed by atoms with van der Waals surface area (Å²) in [6, 6.07) is 5.90. The van der Waals surface area contributed by atoms with E-state index in [0.717, 1.165) is 16.6 Å². The number of amides is 1. The summed E-state index contributed by atoms with van der Waals surface area (Å²) in [5, 5.41) is 0. The number of fused-ring (bicyclic) bond motifs is 1. The fourth-order valence-electron chi connectivity index (χ4n) is 4.29. The largest absolute Gasteiger partial charge is 0.378 e. The molecule has 0 aliphatic carbocycles. The third-order valence-electron chi connectivity index (χ3n) is 6.19. The molecule has 4 heterocycles. The number of carbonyl (C=O) groups is 1. The maximum Gasteiger partial charge on any atom is 0.338 e. The van der Waals surface area contributed by atoms with E-state index in [0.29, 0.717) is 56.5 Å². The van der Waals surface area contributed by atoms with Gasteiger partial charge in [-0.05, 0) is 30.0 Å². The number of hydrogen-bond donors (Lipinski definition) is 0. The number of carbonyl (C=O) groups excluding carboxylic acids is 1. The number of hydrogen-bond acceptors (Lipinski definition) is 6. The highest BCUT2D eigenvalue weighted by Crippen LogP contribution is 2.21. The molecular weight excluding hydrogens is 427 g/mol. The molecule has 0 spiro atoms. The number of morpholine rings is 1. The van der Waals surface area contributed by atoms with Gasteiger partial charge < -0.3 is 14.5 Å². The number of rotatable bonds is 3. The molecule has 5 rings (SSSR count). The Balaban J connectivity index is 1.35. The number of anilines is 1. The molecule has 0 radical (unpaired) electrons. The molecule has 2 aliphatic rings. The zero-order chi connectivity index (χ0) is 22.9. The zero-order valence-corrected chi connectivity index (χ0v) is 18.4. The summed E-state index contributed by atoms with van der Waals surface area (Å²) in [5.41, 5.74) is 1.29. The second-order valence-electron chi connectivity index (χ2n) is 8.34. The second kappa shape index (κ2) is 8.78. The smallest absolute Gasteiger partial charge is 0.338 e. The molecule has 1 atom stereocenters. The van der Waals surface area contributed by atoms with Gasteiger partial charge in [-0.3, -0.25) is 4.57 Å². The highest BCUT2D eigenvalue weighted by molar-refractivity contribution is 5.88. The van der Waals surface area contributed by atoms with Gasteiger partial charge in [0.2, 0.25) is 5.95 Å². The first-order chi connectivity index (χ1) is 16.0. The van der Waals surface area contributed by atoms with Crippen LogP contribution in [0.5, 0.6) is 0 Å². The van der Waals surface area contributed by atoms with Crippen LogP contribution in [0, 0.1) is 11.7 Å². The number of nitrogens with zero attached hydrogens (tertiary/aromatic N) is 6. The van der Waals surface area contributed by atoms with Crippen LogP contribution >= 0.6 is 0 Å². The van der Waals surface area contributed by atoms with E-state index in [1.165, 1.54) is 16.7 Å². The molecule has 9 nitrogen and oxygen atoms in total. The van der Waals surface area contributed by atoms with Gasteiger partial charge in [0.25, 0.3) is 0 Å². The van der Waals surface area contributed by atoms with Crippen LogP contribution in [0.4, 0.5) is 15.1 Å². The lowest BCUT2D eigenvalue weighted by Crippen LogP contribution is -2.38. The second-order valence-corrected chi connectivity index (χ2v) is 8.34. The van der Waals surface area contributed by atoms with Crippen LogP contribution in [0.15, 0.2) is 41.3 Å². The minimum atomic E-state index is -0.436. The summed E-state index contributed by atoms with van der Waals surface area (Å²) in [7, 11) is 1.61. The van der Waals surface area contributed by atoms with Gasteiger partial charge in [0.15, 0.2) is 5.65 Å². The topological polar surface area (TPSA) is 85.5 Å². The predicted molar refractivity (Wildman–Crippen MR) is 122 cm³/mol. The summed E-state index contributed by atoms with van der Waals surface area (Å²) in [6.45, 7) is 3.62. The number of imidazole rings is 1. The van der Waals surface area contributed by atoms with Gasteiger partial charge in [-0.15, -0.1) is 0 Å². The average molecular weight is 452 g/mol. The van der Waals surface area contributed by atoms with Gasteiger partial charge in [-0.1, -0.05) is 24.3 Å². The minimum absolute atomic E-state index is 0.161. The molecule has 0 saturated carbocycles. The molecule has 1 unspecified atom stereocenters. The predicted octanol–water partition coefficient (Wildman–Crippen LogP) is 2.11. The van der Waals surface area contributed by atoms with E-state index in [9.17, 15) is 14.0 Å². The van der Waals surface area contributed by atoms with E-state index < -0.39 is 5.69 Å². The number of benzene rings is 1. The van der Waals surface area contributed by atoms with E-state index in [1.807, 2.05) is 17.1 Å². The van der Waals surface area contributed by atoms with Crippen molar-refractivity contribution in [3.8, 4) is 0 Å². The van der Waals surface area contributed by atoms with Crippen LogP contribution in [0.1, 0.15) is 12.0 Å². The molecule has 172 valence electrons. The third kappa shape index (κ3) is 4.13. The van der Waals surface area contributed by atoms with Crippen LogP contribution in [0.2, 0.25) is 0 Å². The van der Waals surface area contributed by atoms with Crippen LogP contribution in [-0.2, 0) is 11.8 Å². The highest BCUT2D eigenvalue weighted by atomic mass is 19.1. The summed E-state index contributed by atoms with van der Waals surface area (Å²) in [4.78, 5) is 38.9. The van der Waals surface area contributed by atoms with Crippen molar-refractivity contribution in [3.05, 3.63) is 58.4 Å². The van der Waals surface area contributed by atoms with Gasteiger partial charge in [0.1, 0.15) is 11.3 Å². The number of halogens is 1.